The number of hydrogen-bond donors (Lipinski definition) is 2. The summed E-state index contributed by atoms with van der Waals surface area (Å²) in [6.45, 7) is 3.78. The Balaban J connectivity index is 1.50. The first-order valence-corrected chi connectivity index (χ1v) is 11.7. The van der Waals surface area contributed by atoms with Gasteiger partial charge in [0.25, 0.3) is 6.43 Å². The number of imidazole rings is 1. The molecule has 0 bridgehead atoms. The lowest BCUT2D eigenvalue weighted by molar-refractivity contribution is 0.122. The summed E-state index contributed by atoms with van der Waals surface area (Å²) < 4.78 is 34.8. The van der Waals surface area contributed by atoms with Gasteiger partial charge in [0.1, 0.15) is 11.6 Å². The third-order valence-corrected chi connectivity index (χ3v) is 6.38. The van der Waals surface area contributed by atoms with Crippen LogP contribution in [0.3, 0.4) is 0 Å². The molecule has 4 heterocycles. The quantitative estimate of drug-likeness (QED) is 0.545. The van der Waals surface area contributed by atoms with E-state index in [0.29, 0.717) is 74.6 Å². The molecule has 2 N–H and O–H groups in total. The lowest BCUT2D eigenvalue weighted by atomic mass is 9.98. The second-order valence-corrected chi connectivity index (χ2v) is 8.72. The minimum Gasteiger partial charge on any atom is -0.465 e. The topological polar surface area (TPSA) is 109 Å². The van der Waals surface area contributed by atoms with Crippen LogP contribution >= 0.6 is 0 Å². The number of amides is 1. The van der Waals surface area contributed by atoms with Gasteiger partial charge in [-0.25, -0.2) is 18.6 Å². The molecule has 0 spiro atoms. The van der Waals surface area contributed by atoms with E-state index in [-0.39, 0.29) is 11.7 Å². The largest absolute Gasteiger partial charge is 0.465 e. The van der Waals surface area contributed by atoms with Crippen molar-refractivity contribution in [3.05, 3.63) is 36.2 Å². The van der Waals surface area contributed by atoms with Crippen molar-refractivity contribution in [2.45, 2.75) is 19.3 Å². The molecule has 0 radical (unpaired) electrons. The fourth-order valence-corrected chi connectivity index (χ4v) is 4.64. The molecule has 186 valence electrons. The molecule has 2 aliphatic rings. The highest BCUT2D eigenvalue weighted by molar-refractivity contribution is 5.78. The van der Waals surface area contributed by atoms with E-state index < -0.39 is 12.5 Å². The van der Waals surface area contributed by atoms with Gasteiger partial charge in [0.2, 0.25) is 5.95 Å². The first kappa shape index (κ1) is 23.2. The van der Waals surface area contributed by atoms with Gasteiger partial charge in [-0.1, -0.05) is 12.1 Å². The number of carboxylic acid groups (broad SMARTS) is 1. The number of nitrogens with zero attached hydrogens (tertiary/aromatic N) is 6. The van der Waals surface area contributed by atoms with Crippen molar-refractivity contribution < 1.29 is 23.4 Å². The summed E-state index contributed by atoms with van der Waals surface area (Å²) in [5.74, 6) is 0.922. The molecule has 10 nitrogen and oxygen atoms in total. The number of morpholine rings is 1. The normalized spacial score (nSPS) is 18.9. The predicted octanol–water partition coefficient (Wildman–Crippen LogP) is 3.39. The standard InChI is InChI=1S/C23H27F2N7O3/c24-20(25)21-27-16-5-1-2-6-17(16)32(21)19-12-18(30-8-10-35-11-9-30)28-22(29-19)26-13-15-4-3-7-31(14-15)23(33)34/h1-2,5-6,12,15,20H,3-4,7-11,13-14H2,(H,33,34)(H,26,28,29)/t15-/m1/s1. The molecule has 0 unspecified atom stereocenters. The fourth-order valence-electron chi connectivity index (χ4n) is 4.64. The summed E-state index contributed by atoms with van der Waals surface area (Å²) in [6.07, 6.45) is -2.04. The molecule has 2 aliphatic heterocycles. The Morgan fingerprint density at radius 3 is 2.69 bits per heavy atom. The first-order valence-electron chi connectivity index (χ1n) is 11.7. The van der Waals surface area contributed by atoms with Gasteiger partial charge in [-0.15, -0.1) is 0 Å². The van der Waals surface area contributed by atoms with E-state index in [2.05, 4.69) is 20.3 Å². The lowest BCUT2D eigenvalue weighted by Gasteiger charge is -2.31. The fraction of sp³-hybridized carbons (Fsp3) is 0.478. The van der Waals surface area contributed by atoms with Gasteiger partial charge in [-0.3, -0.25) is 4.57 Å². The SMILES string of the molecule is O=C(O)N1CCC[C@H](CNc2nc(N3CCOCC3)cc(-n3c(C(F)F)nc4ccccc43)n2)C1. The van der Waals surface area contributed by atoms with Crippen LogP contribution in [0.25, 0.3) is 16.9 Å². The zero-order valence-electron chi connectivity index (χ0n) is 19.1. The van der Waals surface area contributed by atoms with Crippen molar-refractivity contribution in [3.8, 4) is 5.82 Å². The maximum absolute atomic E-state index is 14.0. The molecule has 0 aliphatic carbocycles. The van der Waals surface area contributed by atoms with E-state index in [4.69, 9.17) is 4.74 Å². The van der Waals surface area contributed by atoms with Crippen molar-refractivity contribution in [1.82, 2.24) is 24.4 Å². The monoisotopic (exact) mass is 487 g/mol. The first-order chi connectivity index (χ1) is 17.0. The zero-order chi connectivity index (χ0) is 24.4. The van der Waals surface area contributed by atoms with Crippen molar-refractivity contribution in [2.24, 2.45) is 5.92 Å². The minimum absolute atomic E-state index is 0.102. The van der Waals surface area contributed by atoms with Gasteiger partial charge in [0, 0.05) is 38.8 Å². The molecule has 2 saturated heterocycles. The van der Waals surface area contributed by atoms with Gasteiger partial charge >= 0.3 is 6.09 Å². The number of nitrogens with one attached hydrogen (secondary N) is 1. The second-order valence-electron chi connectivity index (χ2n) is 8.72. The van der Waals surface area contributed by atoms with Crippen LogP contribution in [0.15, 0.2) is 30.3 Å². The molecule has 2 aromatic heterocycles. The number of anilines is 2. The van der Waals surface area contributed by atoms with Crippen LogP contribution in [0.4, 0.5) is 25.3 Å². The molecule has 3 aromatic rings. The third-order valence-electron chi connectivity index (χ3n) is 6.38. The highest BCUT2D eigenvalue weighted by atomic mass is 19.3. The second kappa shape index (κ2) is 9.98. The van der Waals surface area contributed by atoms with Crippen molar-refractivity contribution >= 4 is 28.9 Å². The van der Waals surface area contributed by atoms with Crippen LogP contribution in [-0.4, -0.2) is 81.6 Å². The number of benzene rings is 1. The Morgan fingerprint density at radius 1 is 1.14 bits per heavy atom. The number of alkyl halides is 2. The number of para-hydroxylation sites is 2. The zero-order valence-corrected chi connectivity index (χ0v) is 19.1. The van der Waals surface area contributed by atoms with Gasteiger partial charge in [-0.05, 0) is 30.9 Å². The Kier molecular flexibility index (Phi) is 6.62. The molecular formula is C23H27F2N7O3. The van der Waals surface area contributed by atoms with E-state index in [1.165, 1.54) is 9.47 Å². The average Bonchev–Trinajstić information content (AvgIpc) is 3.28. The Morgan fingerprint density at radius 2 is 1.91 bits per heavy atom. The van der Waals surface area contributed by atoms with Gasteiger partial charge in [-0.2, -0.15) is 9.97 Å². The number of hydrogen-bond acceptors (Lipinski definition) is 7. The van der Waals surface area contributed by atoms with E-state index in [0.717, 1.165) is 12.8 Å². The number of carbonyl (C=O) groups is 1. The number of likely N-dealkylation sites (tertiary alicyclic amines) is 1. The average molecular weight is 488 g/mol. The summed E-state index contributed by atoms with van der Waals surface area (Å²) in [5.41, 5.74) is 0.990. The molecule has 1 aromatic carbocycles. The third kappa shape index (κ3) is 4.97. The van der Waals surface area contributed by atoms with Crippen molar-refractivity contribution in [2.75, 3.05) is 56.2 Å². The van der Waals surface area contributed by atoms with E-state index in [1.54, 1.807) is 30.3 Å². The Labute approximate surface area is 200 Å². The van der Waals surface area contributed by atoms with E-state index >= 15 is 0 Å². The highest BCUT2D eigenvalue weighted by Gasteiger charge is 2.25. The maximum Gasteiger partial charge on any atom is 0.407 e. The van der Waals surface area contributed by atoms with E-state index in [9.17, 15) is 18.7 Å². The van der Waals surface area contributed by atoms with E-state index in [1.807, 2.05) is 4.90 Å². The van der Waals surface area contributed by atoms with Crippen LogP contribution in [-0.2, 0) is 4.74 Å². The number of piperidine rings is 1. The molecule has 1 atom stereocenters. The summed E-state index contributed by atoms with van der Waals surface area (Å²) >= 11 is 0. The highest BCUT2D eigenvalue weighted by Crippen LogP contribution is 2.29. The number of rotatable bonds is 6. The summed E-state index contributed by atoms with van der Waals surface area (Å²) in [5, 5.41) is 12.5. The van der Waals surface area contributed by atoms with Crippen LogP contribution < -0.4 is 10.2 Å². The smallest absolute Gasteiger partial charge is 0.407 e. The molecule has 1 amide bonds. The maximum atomic E-state index is 14.0. The number of fused-ring (bicyclic) bond motifs is 1. The van der Waals surface area contributed by atoms with Crippen LogP contribution in [0.2, 0.25) is 0 Å². The minimum atomic E-state index is -2.79. The lowest BCUT2D eigenvalue weighted by Crippen LogP contribution is -2.41. The Bertz CT molecular complexity index is 1200. The van der Waals surface area contributed by atoms with Gasteiger partial charge < -0.3 is 25.0 Å². The van der Waals surface area contributed by atoms with Crippen molar-refractivity contribution in [1.29, 1.82) is 0 Å². The summed E-state index contributed by atoms with van der Waals surface area (Å²) in [7, 11) is 0. The number of ether oxygens (including phenoxy) is 1. The molecule has 12 heteroatoms. The van der Waals surface area contributed by atoms with Crippen molar-refractivity contribution in [3.63, 3.8) is 0 Å². The summed E-state index contributed by atoms with van der Waals surface area (Å²) in [4.78, 5) is 28.2. The van der Waals surface area contributed by atoms with Crippen LogP contribution in [0, 0.1) is 5.92 Å². The molecule has 0 saturated carbocycles. The van der Waals surface area contributed by atoms with Gasteiger partial charge in [0.15, 0.2) is 5.82 Å². The van der Waals surface area contributed by atoms with Gasteiger partial charge in [0.05, 0.1) is 24.2 Å². The van der Waals surface area contributed by atoms with Crippen LogP contribution in [0.1, 0.15) is 25.1 Å². The predicted molar refractivity (Wildman–Crippen MR) is 125 cm³/mol. The van der Waals surface area contributed by atoms with Crippen LogP contribution in [0.5, 0.6) is 0 Å². The molecular weight excluding hydrogens is 460 g/mol. The number of halogens is 2. The number of aromatic nitrogens is 4. The Hall–Kier alpha value is -3.54. The molecule has 5 rings (SSSR count). The summed E-state index contributed by atoms with van der Waals surface area (Å²) in [6, 6.07) is 8.66. The molecule has 2 fully saturated rings. The molecule has 35 heavy (non-hydrogen) atoms.